The van der Waals surface area contributed by atoms with Gasteiger partial charge in [0.25, 0.3) is 5.91 Å². The first-order valence-electron chi connectivity index (χ1n) is 10.8. The average molecular weight is 514 g/mol. The van der Waals surface area contributed by atoms with Crippen LogP contribution in [0, 0.1) is 17.6 Å². The number of Topliss-reactive ketones (excluding diaryl/α,β-unsaturated/α-hetero) is 1. The standard InChI is InChI=1S/C24H23Cl2F2NO5/c25-17-9-5-14(12-18(17)26)23(31)29-11-1-2-19(30)16-8-10-20(22(28)21(16)27)34-15-6-3-13(4-7-15)24(32)33/h5,8-10,12-13,15H,1-4,6-7,11H2,(H,29,31)(H,32,33). The number of ether oxygens (including phenoxy) is 1. The zero-order chi connectivity index (χ0) is 24.8. The molecule has 10 heteroatoms. The molecule has 1 aliphatic carbocycles. The predicted molar refractivity (Wildman–Crippen MR) is 123 cm³/mol. The summed E-state index contributed by atoms with van der Waals surface area (Å²) in [4.78, 5) is 35.5. The molecule has 0 heterocycles. The van der Waals surface area contributed by atoms with Gasteiger partial charge in [0.2, 0.25) is 5.82 Å². The molecular weight excluding hydrogens is 491 g/mol. The number of carbonyl (C=O) groups excluding carboxylic acids is 2. The van der Waals surface area contributed by atoms with Crippen LogP contribution in [-0.2, 0) is 4.79 Å². The Labute approximate surface area is 205 Å². The third-order valence-electron chi connectivity index (χ3n) is 5.71. The molecule has 3 rings (SSSR count). The van der Waals surface area contributed by atoms with Gasteiger partial charge < -0.3 is 15.2 Å². The van der Waals surface area contributed by atoms with Gasteiger partial charge in [-0.25, -0.2) is 4.39 Å². The van der Waals surface area contributed by atoms with Crippen molar-refractivity contribution in [3.05, 3.63) is 63.1 Å². The van der Waals surface area contributed by atoms with E-state index in [-0.39, 0.29) is 30.2 Å². The van der Waals surface area contributed by atoms with Crippen LogP contribution in [0.15, 0.2) is 30.3 Å². The summed E-state index contributed by atoms with van der Waals surface area (Å²) in [5.41, 5.74) is -0.0869. The van der Waals surface area contributed by atoms with Gasteiger partial charge >= 0.3 is 5.97 Å². The molecule has 0 saturated heterocycles. The third-order valence-corrected chi connectivity index (χ3v) is 6.45. The van der Waals surface area contributed by atoms with Crippen molar-refractivity contribution < 1.29 is 33.0 Å². The van der Waals surface area contributed by atoms with Gasteiger partial charge in [-0.15, -0.1) is 0 Å². The number of amides is 1. The van der Waals surface area contributed by atoms with Crippen LogP contribution >= 0.6 is 23.2 Å². The lowest BCUT2D eigenvalue weighted by molar-refractivity contribution is -0.143. The molecule has 0 radical (unpaired) electrons. The Morgan fingerprint density at radius 1 is 1.00 bits per heavy atom. The smallest absolute Gasteiger partial charge is 0.306 e. The molecule has 1 saturated carbocycles. The van der Waals surface area contributed by atoms with Gasteiger partial charge in [0, 0.05) is 18.5 Å². The van der Waals surface area contributed by atoms with Gasteiger partial charge in [0.1, 0.15) is 0 Å². The van der Waals surface area contributed by atoms with Crippen LogP contribution in [0.25, 0.3) is 0 Å². The molecule has 0 unspecified atom stereocenters. The topological polar surface area (TPSA) is 92.7 Å². The summed E-state index contributed by atoms with van der Waals surface area (Å²) >= 11 is 11.7. The lowest BCUT2D eigenvalue weighted by Crippen LogP contribution is -2.28. The molecule has 0 aromatic heterocycles. The van der Waals surface area contributed by atoms with Crippen molar-refractivity contribution in [1.82, 2.24) is 5.32 Å². The van der Waals surface area contributed by atoms with Crippen molar-refractivity contribution in [3.63, 3.8) is 0 Å². The predicted octanol–water partition coefficient (Wildman–Crippen LogP) is 5.69. The van der Waals surface area contributed by atoms with E-state index < -0.39 is 46.9 Å². The highest BCUT2D eigenvalue weighted by atomic mass is 35.5. The molecule has 1 aliphatic rings. The van der Waals surface area contributed by atoms with E-state index in [1.54, 1.807) is 0 Å². The zero-order valence-corrected chi connectivity index (χ0v) is 19.6. The first-order chi connectivity index (χ1) is 16.2. The third kappa shape index (κ3) is 6.45. The van der Waals surface area contributed by atoms with Crippen molar-refractivity contribution in [2.75, 3.05) is 6.54 Å². The number of benzene rings is 2. The lowest BCUT2D eigenvalue weighted by atomic mass is 9.87. The fraction of sp³-hybridized carbons (Fsp3) is 0.375. The Hall–Kier alpha value is -2.71. The van der Waals surface area contributed by atoms with E-state index in [0.717, 1.165) is 0 Å². The van der Waals surface area contributed by atoms with Crippen molar-refractivity contribution in [1.29, 1.82) is 0 Å². The van der Waals surface area contributed by atoms with E-state index in [9.17, 15) is 23.2 Å². The first kappa shape index (κ1) is 25.9. The number of hydrogen-bond acceptors (Lipinski definition) is 4. The fourth-order valence-electron chi connectivity index (χ4n) is 3.77. The second-order valence-corrected chi connectivity index (χ2v) is 8.89. The van der Waals surface area contributed by atoms with Gasteiger partial charge in [-0.05, 0) is 62.4 Å². The monoisotopic (exact) mass is 513 g/mol. The maximum atomic E-state index is 14.5. The van der Waals surface area contributed by atoms with Gasteiger partial charge in [0.15, 0.2) is 17.3 Å². The van der Waals surface area contributed by atoms with Crippen LogP contribution < -0.4 is 10.1 Å². The van der Waals surface area contributed by atoms with Gasteiger partial charge in [-0.2, -0.15) is 4.39 Å². The van der Waals surface area contributed by atoms with Gasteiger partial charge in [0.05, 0.1) is 27.6 Å². The maximum absolute atomic E-state index is 14.5. The number of nitrogens with one attached hydrogen (secondary N) is 1. The quantitative estimate of drug-likeness (QED) is 0.332. The largest absolute Gasteiger partial charge is 0.487 e. The summed E-state index contributed by atoms with van der Waals surface area (Å²) < 4.78 is 34.5. The number of carboxylic acid groups (broad SMARTS) is 1. The van der Waals surface area contributed by atoms with Crippen molar-refractivity contribution in [3.8, 4) is 5.75 Å². The molecule has 2 aromatic carbocycles. The maximum Gasteiger partial charge on any atom is 0.306 e. The molecule has 0 atom stereocenters. The second kappa shape index (κ2) is 11.6. The highest BCUT2D eigenvalue weighted by Gasteiger charge is 2.28. The molecule has 2 N–H and O–H groups in total. The van der Waals surface area contributed by atoms with Crippen molar-refractivity contribution in [2.24, 2.45) is 5.92 Å². The van der Waals surface area contributed by atoms with Crippen LogP contribution in [0.5, 0.6) is 5.75 Å². The van der Waals surface area contributed by atoms with E-state index in [4.69, 9.17) is 33.0 Å². The minimum absolute atomic E-state index is 0.0998. The van der Waals surface area contributed by atoms with E-state index >= 15 is 0 Å². The van der Waals surface area contributed by atoms with Crippen molar-refractivity contribution >= 4 is 40.9 Å². The molecule has 6 nitrogen and oxygen atoms in total. The van der Waals surface area contributed by atoms with Gasteiger partial charge in [-0.3, -0.25) is 14.4 Å². The molecule has 182 valence electrons. The Balaban J connectivity index is 1.50. The SMILES string of the molecule is O=C(NCCCC(=O)c1ccc(OC2CCC(C(=O)O)CC2)c(F)c1F)c1ccc(Cl)c(Cl)c1. The Kier molecular flexibility index (Phi) is 8.85. The van der Waals surface area contributed by atoms with Crippen molar-refractivity contribution in [2.45, 2.75) is 44.6 Å². The van der Waals surface area contributed by atoms with Crippen LogP contribution in [0.1, 0.15) is 59.2 Å². The second-order valence-electron chi connectivity index (χ2n) is 8.08. The Morgan fingerprint density at radius 2 is 1.71 bits per heavy atom. The summed E-state index contributed by atoms with van der Waals surface area (Å²) in [6.45, 7) is 0.148. The summed E-state index contributed by atoms with van der Waals surface area (Å²) in [6, 6.07) is 6.81. The molecule has 2 aromatic rings. The summed E-state index contributed by atoms with van der Waals surface area (Å²) in [7, 11) is 0. The Morgan fingerprint density at radius 3 is 2.35 bits per heavy atom. The number of rotatable bonds is 9. The summed E-state index contributed by atoms with van der Waals surface area (Å²) in [6.07, 6.45) is 1.37. The Bertz CT molecular complexity index is 1090. The van der Waals surface area contributed by atoms with Crippen LogP contribution in [0.3, 0.4) is 0 Å². The fourth-order valence-corrected chi connectivity index (χ4v) is 4.07. The molecular formula is C24H23Cl2F2NO5. The number of carboxylic acids is 1. The normalized spacial score (nSPS) is 17.8. The zero-order valence-electron chi connectivity index (χ0n) is 18.1. The minimum Gasteiger partial charge on any atom is -0.487 e. The minimum atomic E-state index is -1.29. The summed E-state index contributed by atoms with van der Waals surface area (Å²) in [5.74, 6) is -5.17. The number of halogens is 4. The summed E-state index contributed by atoms with van der Waals surface area (Å²) in [5, 5.41) is 12.2. The van der Waals surface area contributed by atoms with Gasteiger partial charge in [-0.1, -0.05) is 23.2 Å². The molecule has 0 aliphatic heterocycles. The highest BCUT2D eigenvalue weighted by Crippen LogP contribution is 2.31. The van der Waals surface area contributed by atoms with Crippen LogP contribution in [0.4, 0.5) is 8.78 Å². The van der Waals surface area contributed by atoms with E-state index in [0.29, 0.717) is 36.3 Å². The average Bonchev–Trinajstić information content (AvgIpc) is 2.81. The molecule has 1 amide bonds. The first-order valence-corrected chi connectivity index (χ1v) is 11.6. The molecule has 34 heavy (non-hydrogen) atoms. The van der Waals surface area contributed by atoms with Crippen LogP contribution in [-0.4, -0.2) is 35.4 Å². The number of ketones is 1. The number of carbonyl (C=O) groups is 3. The van der Waals surface area contributed by atoms with E-state index in [1.165, 1.54) is 30.3 Å². The number of aliphatic carboxylic acids is 1. The highest BCUT2D eigenvalue weighted by molar-refractivity contribution is 6.42. The molecule has 0 bridgehead atoms. The van der Waals surface area contributed by atoms with E-state index in [1.807, 2.05) is 0 Å². The van der Waals surface area contributed by atoms with Crippen LogP contribution in [0.2, 0.25) is 10.0 Å². The van der Waals surface area contributed by atoms with E-state index in [2.05, 4.69) is 5.32 Å². The lowest BCUT2D eigenvalue weighted by Gasteiger charge is -2.27. The molecule has 1 fully saturated rings. The number of hydrogen-bond donors (Lipinski definition) is 2. The molecule has 0 spiro atoms.